The number of nitrogens with zero attached hydrogens (tertiary/aromatic N) is 2. The lowest BCUT2D eigenvalue weighted by Gasteiger charge is -2.29. The molecular formula is C24H28ClN3O5. The molecule has 3 rings (SSSR count). The first kappa shape index (κ1) is 24.4. The normalized spacial score (nSPS) is 15.2. The summed E-state index contributed by atoms with van der Waals surface area (Å²) in [6.07, 6.45) is 1.22. The average molecular weight is 474 g/mol. The van der Waals surface area contributed by atoms with Crippen LogP contribution in [0.1, 0.15) is 30.1 Å². The van der Waals surface area contributed by atoms with Crippen molar-refractivity contribution in [3.63, 3.8) is 0 Å². The van der Waals surface area contributed by atoms with E-state index in [-0.39, 0.29) is 24.3 Å². The van der Waals surface area contributed by atoms with Crippen LogP contribution in [0.3, 0.4) is 0 Å². The molecule has 1 unspecified atom stereocenters. The summed E-state index contributed by atoms with van der Waals surface area (Å²) in [5, 5.41) is 3.19. The van der Waals surface area contributed by atoms with Crippen molar-refractivity contribution in [2.75, 3.05) is 39.2 Å². The van der Waals surface area contributed by atoms with Crippen LogP contribution in [-0.2, 0) is 9.59 Å². The summed E-state index contributed by atoms with van der Waals surface area (Å²) in [7, 11) is 3.03. The van der Waals surface area contributed by atoms with Gasteiger partial charge in [0.2, 0.25) is 11.8 Å². The molecule has 8 nitrogen and oxygen atoms in total. The van der Waals surface area contributed by atoms with E-state index in [1.54, 1.807) is 61.4 Å². The molecular weight excluding hydrogens is 446 g/mol. The third kappa shape index (κ3) is 5.76. The minimum atomic E-state index is -0.647. The second-order valence-corrected chi connectivity index (χ2v) is 8.07. The van der Waals surface area contributed by atoms with E-state index in [4.69, 9.17) is 21.1 Å². The van der Waals surface area contributed by atoms with E-state index in [0.29, 0.717) is 53.7 Å². The van der Waals surface area contributed by atoms with Gasteiger partial charge in [-0.1, -0.05) is 17.7 Å². The number of benzene rings is 2. The summed E-state index contributed by atoms with van der Waals surface area (Å²) >= 11 is 6.09. The van der Waals surface area contributed by atoms with Crippen molar-refractivity contribution in [2.24, 2.45) is 0 Å². The predicted molar refractivity (Wildman–Crippen MR) is 126 cm³/mol. The number of rotatable bonds is 8. The van der Waals surface area contributed by atoms with Gasteiger partial charge in [0.1, 0.15) is 17.5 Å². The zero-order valence-corrected chi connectivity index (χ0v) is 19.7. The van der Waals surface area contributed by atoms with E-state index in [9.17, 15) is 14.4 Å². The Labute approximate surface area is 198 Å². The molecule has 1 aliphatic heterocycles. The van der Waals surface area contributed by atoms with Crippen molar-refractivity contribution in [3.8, 4) is 11.5 Å². The molecule has 1 heterocycles. The Morgan fingerprint density at radius 1 is 1.15 bits per heavy atom. The van der Waals surface area contributed by atoms with E-state index in [1.807, 2.05) is 0 Å². The minimum Gasteiger partial charge on any atom is -0.497 e. The fourth-order valence-electron chi connectivity index (χ4n) is 3.90. The molecule has 1 N–H and O–H groups in total. The highest BCUT2D eigenvalue weighted by molar-refractivity contribution is 6.31. The standard InChI is InChI=1S/C24H28ClN3O5/c1-4-27(15-22(29)26-17-7-5-8-18(14-17)32-2)24(31)20-9-6-12-28(20)23(30)19-13-16(25)10-11-21(19)33-3/h5,7-8,10-11,13-14,20H,4,6,9,12,15H2,1-3H3,(H,26,29). The number of hydrogen-bond acceptors (Lipinski definition) is 5. The number of likely N-dealkylation sites (tertiary alicyclic amines) is 1. The van der Waals surface area contributed by atoms with E-state index < -0.39 is 6.04 Å². The van der Waals surface area contributed by atoms with Gasteiger partial charge in [-0.2, -0.15) is 0 Å². The van der Waals surface area contributed by atoms with Crippen molar-refractivity contribution < 1.29 is 23.9 Å². The van der Waals surface area contributed by atoms with Gasteiger partial charge in [-0.15, -0.1) is 0 Å². The first-order valence-electron chi connectivity index (χ1n) is 10.7. The van der Waals surface area contributed by atoms with Crippen LogP contribution in [-0.4, -0.2) is 67.4 Å². The van der Waals surface area contributed by atoms with Crippen molar-refractivity contribution >= 4 is 35.0 Å². The Morgan fingerprint density at radius 2 is 1.94 bits per heavy atom. The molecule has 0 saturated carbocycles. The van der Waals surface area contributed by atoms with Crippen LogP contribution >= 0.6 is 11.6 Å². The number of carbonyl (C=O) groups is 3. The third-order valence-corrected chi connectivity index (χ3v) is 5.81. The number of likely N-dealkylation sites (N-methyl/N-ethyl adjacent to an activating group) is 1. The zero-order valence-electron chi connectivity index (χ0n) is 19.0. The summed E-state index contributed by atoms with van der Waals surface area (Å²) in [4.78, 5) is 42.2. The molecule has 1 aliphatic rings. The van der Waals surface area contributed by atoms with Crippen LogP contribution < -0.4 is 14.8 Å². The van der Waals surface area contributed by atoms with E-state index >= 15 is 0 Å². The highest BCUT2D eigenvalue weighted by Crippen LogP contribution is 2.28. The van der Waals surface area contributed by atoms with Crippen molar-refractivity contribution in [3.05, 3.63) is 53.1 Å². The van der Waals surface area contributed by atoms with Gasteiger partial charge >= 0.3 is 0 Å². The molecule has 0 aliphatic carbocycles. The zero-order chi connectivity index (χ0) is 24.0. The number of amides is 3. The van der Waals surface area contributed by atoms with Crippen LogP contribution in [0.5, 0.6) is 11.5 Å². The number of ether oxygens (including phenoxy) is 2. The molecule has 1 saturated heterocycles. The molecule has 2 aromatic rings. The van der Waals surface area contributed by atoms with Gasteiger partial charge in [-0.25, -0.2) is 0 Å². The van der Waals surface area contributed by atoms with E-state index in [1.165, 1.54) is 12.0 Å². The molecule has 33 heavy (non-hydrogen) atoms. The monoisotopic (exact) mass is 473 g/mol. The molecule has 1 fully saturated rings. The maximum Gasteiger partial charge on any atom is 0.258 e. The molecule has 0 aromatic heterocycles. The number of nitrogens with one attached hydrogen (secondary N) is 1. The fraction of sp³-hybridized carbons (Fsp3) is 0.375. The smallest absolute Gasteiger partial charge is 0.258 e. The lowest BCUT2D eigenvalue weighted by Crippen LogP contribution is -2.49. The Balaban J connectivity index is 1.71. The van der Waals surface area contributed by atoms with Crippen LogP contribution in [0, 0.1) is 0 Å². The SMILES string of the molecule is CCN(CC(=O)Nc1cccc(OC)c1)C(=O)C1CCCN1C(=O)c1cc(Cl)ccc1OC. The highest BCUT2D eigenvalue weighted by atomic mass is 35.5. The quantitative estimate of drug-likeness (QED) is 0.634. The van der Waals surface area contributed by atoms with Gasteiger partial charge < -0.3 is 24.6 Å². The second kappa shape index (κ2) is 11.0. The summed E-state index contributed by atoms with van der Waals surface area (Å²) < 4.78 is 10.5. The lowest BCUT2D eigenvalue weighted by atomic mass is 10.1. The summed E-state index contributed by atoms with van der Waals surface area (Å²) in [6.45, 7) is 2.46. The fourth-order valence-corrected chi connectivity index (χ4v) is 4.07. The Hall–Kier alpha value is -3.26. The lowest BCUT2D eigenvalue weighted by molar-refractivity contribution is -0.137. The molecule has 176 valence electrons. The first-order valence-corrected chi connectivity index (χ1v) is 11.1. The minimum absolute atomic E-state index is 0.119. The summed E-state index contributed by atoms with van der Waals surface area (Å²) in [5.41, 5.74) is 0.886. The molecule has 9 heteroatoms. The van der Waals surface area contributed by atoms with Gasteiger partial charge in [0.25, 0.3) is 5.91 Å². The molecule has 1 atom stereocenters. The maximum atomic E-state index is 13.3. The number of hydrogen-bond donors (Lipinski definition) is 1. The second-order valence-electron chi connectivity index (χ2n) is 7.63. The van der Waals surface area contributed by atoms with Crippen LogP contribution in [0.25, 0.3) is 0 Å². The Kier molecular flexibility index (Phi) is 8.16. The summed E-state index contributed by atoms with van der Waals surface area (Å²) in [6, 6.07) is 11.2. The van der Waals surface area contributed by atoms with Crippen LogP contribution in [0.15, 0.2) is 42.5 Å². The Bertz CT molecular complexity index is 1030. The van der Waals surface area contributed by atoms with Gasteiger partial charge in [0.15, 0.2) is 0 Å². The molecule has 0 spiro atoms. The largest absolute Gasteiger partial charge is 0.497 e. The first-order chi connectivity index (χ1) is 15.9. The topological polar surface area (TPSA) is 88.2 Å². The van der Waals surface area contributed by atoms with Crippen LogP contribution in [0.2, 0.25) is 5.02 Å². The van der Waals surface area contributed by atoms with Gasteiger partial charge in [0.05, 0.1) is 26.3 Å². The van der Waals surface area contributed by atoms with Gasteiger partial charge in [-0.05, 0) is 50.1 Å². The van der Waals surface area contributed by atoms with Gasteiger partial charge in [0, 0.05) is 29.9 Å². The molecule has 0 radical (unpaired) electrons. The van der Waals surface area contributed by atoms with Crippen molar-refractivity contribution in [1.82, 2.24) is 9.80 Å². The summed E-state index contributed by atoms with van der Waals surface area (Å²) in [5.74, 6) is 0.110. The van der Waals surface area contributed by atoms with Crippen molar-refractivity contribution in [1.29, 1.82) is 0 Å². The van der Waals surface area contributed by atoms with Crippen LogP contribution in [0.4, 0.5) is 5.69 Å². The maximum absolute atomic E-state index is 13.3. The van der Waals surface area contributed by atoms with Crippen molar-refractivity contribution in [2.45, 2.75) is 25.8 Å². The number of anilines is 1. The Morgan fingerprint density at radius 3 is 2.64 bits per heavy atom. The number of halogens is 1. The molecule has 3 amide bonds. The highest BCUT2D eigenvalue weighted by Gasteiger charge is 2.37. The van der Waals surface area contributed by atoms with E-state index in [2.05, 4.69) is 5.32 Å². The number of methoxy groups -OCH3 is 2. The third-order valence-electron chi connectivity index (χ3n) is 5.57. The average Bonchev–Trinajstić information content (AvgIpc) is 3.31. The van der Waals surface area contributed by atoms with Gasteiger partial charge in [-0.3, -0.25) is 14.4 Å². The predicted octanol–water partition coefficient (Wildman–Crippen LogP) is 3.45. The number of carbonyl (C=O) groups excluding carboxylic acids is 3. The molecule has 0 bridgehead atoms. The molecule has 2 aromatic carbocycles. The van der Waals surface area contributed by atoms with E-state index in [0.717, 1.165) is 0 Å².